The molecule has 2 atom stereocenters. The van der Waals surface area contributed by atoms with Crippen LogP contribution in [0.15, 0.2) is 46.2 Å². The lowest BCUT2D eigenvalue weighted by Crippen LogP contribution is -2.29. The highest BCUT2D eigenvalue weighted by atomic mass is 32.2. The van der Waals surface area contributed by atoms with Crippen LogP contribution in [-0.2, 0) is 26.1 Å². The predicted molar refractivity (Wildman–Crippen MR) is 176 cm³/mol. The van der Waals surface area contributed by atoms with Gasteiger partial charge in [-0.25, -0.2) is 8.42 Å². The zero-order valence-corrected chi connectivity index (χ0v) is 28.7. The number of thiazole rings is 1. The summed E-state index contributed by atoms with van der Waals surface area (Å²) in [7, 11) is -4.27. The summed E-state index contributed by atoms with van der Waals surface area (Å²) in [5.74, 6) is 0.779. The molecule has 1 aromatic heterocycles. The second-order valence-corrected chi connectivity index (χ2v) is 14.4. The maximum absolute atomic E-state index is 10.4. The van der Waals surface area contributed by atoms with Gasteiger partial charge in [-0.3, -0.25) is 0 Å². The maximum Gasteiger partial charge on any atom is 0.224 e. The van der Waals surface area contributed by atoms with Crippen molar-refractivity contribution in [2.24, 2.45) is 5.92 Å². The molecule has 8 heteroatoms. The van der Waals surface area contributed by atoms with Gasteiger partial charge in [-0.1, -0.05) is 119 Å². The van der Waals surface area contributed by atoms with Crippen LogP contribution in [0.25, 0.3) is 0 Å². The lowest BCUT2D eigenvalue weighted by molar-refractivity contribution is -0.692. The van der Waals surface area contributed by atoms with Crippen LogP contribution in [0, 0.1) is 12.8 Å². The summed E-state index contributed by atoms with van der Waals surface area (Å²) in [6, 6.07) is 5.78. The van der Waals surface area contributed by atoms with Gasteiger partial charge in [0.15, 0.2) is 6.20 Å². The molecule has 2 heterocycles. The molecular formula is C35H59NO5S2. The Bertz CT molecular complexity index is 1010. The smallest absolute Gasteiger partial charge is 0.224 e. The summed E-state index contributed by atoms with van der Waals surface area (Å²) in [6.45, 7) is 7.94. The number of ether oxygens (including phenoxy) is 2. The van der Waals surface area contributed by atoms with Crippen molar-refractivity contribution in [2.45, 2.75) is 147 Å². The summed E-state index contributed by atoms with van der Waals surface area (Å²) in [5, 5.41) is 2.14. The van der Waals surface area contributed by atoms with E-state index < -0.39 is 10.1 Å². The zero-order chi connectivity index (χ0) is 31.0. The van der Waals surface area contributed by atoms with Gasteiger partial charge in [-0.2, -0.15) is 4.57 Å². The highest BCUT2D eigenvalue weighted by Crippen LogP contribution is 2.25. The third-order valence-corrected chi connectivity index (χ3v) is 9.75. The highest BCUT2D eigenvalue weighted by molar-refractivity contribution is 7.85. The lowest BCUT2D eigenvalue weighted by atomic mass is 9.97. The van der Waals surface area contributed by atoms with Crippen molar-refractivity contribution in [3.63, 3.8) is 0 Å². The van der Waals surface area contributed by atoms with Crippen LogP contribution in [0.1, 0.15) is 128 Å². The quantitative estimate of drug-likeness (QED) is 0.0690. The molecule has 1 aromatic carbocycles. The Hall–Kier alpha value is -1.32. The Kier molecular flexibility index (Phi) is 21.1. The fourth-order valence-corrected chi connectivity index (χ4v) is 6.63. The van der Waals surface area contributed by atoms with Gasteiger partial charge < -0.3 is 14.0 Å². The van der Waals surface area contributed by atoms with E-state index in [1.807, 2.05) is 6.92 Å². The Morgan fingerprint density at radius 2 is 1.49 bits per heavy atom. The molecule has 43 heavy (non-hydrogen) atoms. The van der Waals surface area contributed by atoms with Gasteiger partial charge >= 0.3 is 0 Å². The van der Waals surface area contributed by atoms with Crippen molar-refractivity contribution in [3.8, 4) is 0 Å². The minimum absolute atomic E-state index is 0.178. The van der Waals surface area contributed by atoms with Gasteiger partial charge in [0.25, 0.3) is 0 Å². The van der Waals surface area contributed by atoms with E-state index in [-0.39, 0.29) is 4.90 Å². The van der Waals surface area contributed by atoms with Crippen molar-refractivity contribution in [3.05, 3.63) is 46.9 Å². The number of aromatic nitrogens is 1. The minimum atomic E-state index is -4.27. The molecule has 0 aliphatic carbocycles. The van der Waals surface area contributed by atoms with E-state index in [1.54, 1.807) is 23.5 Å². The number of aryl methyl sites for hydroxylation is 2. The van der Waals surface area contributed by atoms with Gasteiger partial charge in [0.2, 0.25) is 5.51 Å². The molecule has 0 saturated carbocycles. The zero-order valence-electron chi connectivity index (χ0n) is 27.1. The maximum atomic E-state index is 10.4. The Morgan fingerprint density at radius 3 is 2.09 bits per heavy atom. The number of nitrogens with zero attached hydrogens (tertiary/aromatic N) is 1. The van der Waals surface area contributed by atoms with Crippen LogP contribution in [-0.4, -0.2) is 38.9 Å². The van der Waals surface area contributed by atoms with Crippen molar-refractivity contribution >= 4 is 21.5 Å². The molecule has 2 unspecified atom stereocenters. The monoisotopic (exact) mass is 637 g/mol. The number of hydrogen-bond donors (Lipinski definition) is 0. The normalized spacial score (nSPS) is 16.7. The Morgan fingerprint density at radius 1 is 0.884 bits per heavy atom. The van der Waals surface area contributed by atoms with Crippen molar-refractivity contribution < 1.29 is 27.0 Å². The fourth-order valence-electron chi connectivity index (χ4n) is 5.53. The molecule has 1 aliphatic heterocycles. The molecule has 246 valence electrons. The van der Waals surface area contributed by atoms with E-state index in [2.05, 4.69) is 28.6 Å². The van der Waals surface area contributed by atoms with Crippen LogP contribution in [0.4, 0.5) is 0 Å². The van der Waals surface area contributed by atoms with Gasteiger partial charge in [0, 0.05) is 19.6 Å². The van der Waals surface area contributed by atoms with Crippen LogP contribution < -0.4 is 4.57 Å². The molecule has 0 bridgehead atoms. The predicted octanol–water partition coefficient (Wildman–Crippen LogP) is 9.01. The van der Waals surface area contributed by atoms with Crippen LogP contribution in [0.5, 0.6) is 0 Å². The van der Waals surface area contributed by atoms with Gasteiger partial charge in [-0.05, 0) is 50.7 Å². The number of unbranched alkanes of at least 4 members (excludes halogenated alkanes) is 14. The van der Waals surface area contributed by atoms with E-state index in [0.29, 0.717) is 6.10 Å². The lowest BCUT2D eigenvalue weighted by Gasteiger charge is -2.10. The summed E-state index contributed by atoms with van der Waals surface area (Å²) < 4.78 is 45.3. The largest absolute Gasteiger partial charge is 0.744 e. The molecule has 2 aromatic rings. The van der Waals surface area contributed by atoms with Crippen molar-refractivity contribution in [1.82, 2.24) is 0 Å². The molecule has 1 fully saturated rings. The van der Waals surface area contributed by atoms with Crippen LogP contribution in [0.3, 0.4) is 0 Å². The van der Waals surface area contributed by atoms with E-state index in [0.717, 1.165) is 37.8 Å². The van der Waals surface area contributed by atoms with Crippen LogP contribution >= 0.6 is 11.3 Å². The Labute approximate surface area is 267 Å². The minimum Gasteiger partial charge on any atom is -0.744 e. The Balaban J connectivity index is 0.000000490. The molecule has 0 spiro atoms. The third kappa shape index (κ3) is 19.6. The summed E-state index contributed by atoms with van der Waals surface area (Å²) >= 11 is 1.77. The third-order valence-electron chi connectivity index (χ3n) is 8.23. The van der Waals surface area contributed by atoms with Gasteiger partial charge in [0.05, 0.1) is 23.0 Å². The van der Waals surface area contributed by atoms with Crippen LogP contribution in [0.2, 0.25) is 0 Å². The molecule has 1 aliphatic rings. The first kappa shape index (κ1) is 37.9. The average Bonchev–Trinajstić information content (AvgIpc) is 3.67. The number of hydrogen-bond acceptors (Lipinski definition) is 6. The molecule has 1 saturated heterocycles. The standard InChI is InChI=1S/C28H52NO2S.C7H8O3S/c1-2-3-4-5-6-7-8-9-10-11-12-15-18-27-23-28(31-24-27)25-30-21-17-14-13-16-19-29-20-22-32-26-29;1-6-2-4-7(5-3-6)11(8,9)10/h20,22,26-28H,2-19,21,23-25H2,1H3;2-5H,1H3,(H,8,9,10)/q+1;/p-1. The second kappa shape index (κ2) is 24.0. The van der Waals surface area contributed by atoms with E-state index in [4.69, 9.17) is 9.47 Å². The first-order valence-electron chi connectivity index (χ1n) is 17.0. The van der Waals surface area contributed by atoms with Crippen molar-refractivity contribution in [2.75, 3.05) is 19.8 Å². The van der Waals surface area contributed by atoms with E-state index >= 15 is 0 Å². The van der Waals surface area contributed by atoms with Crippen molar-refractivity contribution in [1.29, 1.82) is 0 Å². The first-order chi connectivity index (χ1) is 20.9. The average molecular weight is 638 g/mol. The first-order valence-corrected chi connectivity index (χ1v) is 19.4. The summed E-state index contributed by atoms with van der Waals surface area (Å²) in [4.78, 5) is -0.178. The summed E-state index contributed by atoms with van der Waals surface area (Å²) in [6.07, 6.45) is 27.3. The van der Waals surface area contributed by atoms with E-state index in [9.17, 15) is 13.0 Å². The molecule has 0 N–H and O–H groups in total. The highest BCUT2D eigenvalue weighted by Gasteiger charge is 2.25. The molecule has 0 amide bonds. The topological polar surface area (TPSA) is 79.5 Å². The fraction of sp³-hybridized carbons (Fsp3) is 0.743. The molecule has 0 radical (unpaired) electrons. The van der Waals surface area contributed by atoms with Gasteiger partial charge in [0.1, 0.15) is 16.7 Å². The molecule has 3 rings (SSSR count). The SMILES string of the molecule is CCCCCCCCCCCCCCC1COC(COCCCCCC[n+]2ccsc2)C1.Cc1ccc(S(=O)(=O)[O-])cc1. The number of benzene rings is 1. The van der Waals surface area contributed by atoms with Gasteiger partial charge in [-0.15, -0.1) is 0 Å². The molecule has 6 nitrogen and oxygen atoms in total. The molecular weight excluding hydrogens is 579 g/mol. The van der Waals surface area contributed by atoms with E-state index in [1.165, 1.54) is 128 Å². The number of rotatable bonds is 23. The summed E-state index contributed by atoms with van der Waals surface area (Å²) in [5.41, 5.74) is 3.12. The second-order valence-electron chi connectivity index (χ2n) is 12.3.